The van der Waals surface area contributed by atoms with Crippen LogP contribution >= 0.6 is 11.6 Å². The van der Waals surface area contributed by atoms with E-state index in [1.807, 2.05) is 6.07 Å². The van der Waals surface area contributed by atoms with Crippen LogP contribution in [0.2, 0.25) is 5.02 Å². The van der Waals surface area contributed by atoms with Crippen molar-refractivity contribution in [1.29, 1.82) is 0 Å². The predicted molar refractivity (Wildman–Crippen MR) is 128 cm³/mol. The van der Waals surface area contributed by atoms with Crippen molar-refractivity contribution in [2.45, 2.75) is 32.4 Å². The number of aliphatic imine (C=N–C) groups is 1. The van der Waals surface area contributed by atoms with E-state index in [1.54, 1.807) is 18.2 Å². The molecule has 1 aliphatic rings. The summed E-state index contributed by atoms with van der Waals surface area (Å²) in [6.07, 6.45) is 2.17. The summed E-state index contributed by atoms with van der Waals surface area (Å²) >= 11 is 6.08. The van der Waals surface area contributed by atoms with Gasteiger partial charge in [0.05, 0.1) is 17.1 Å². The van der Waals surface area contributed by atoms with Crippen LogP contribution in [-0.2, 0) is 6.54 Å². The molecule has 6 nitrogen and oxygen atoms in total. The Hall–Kier alpha value is -2.57. The van der Waals surface area contributed by atoms with Gasteiger partial charge >= 0.3 is 0 Å². The van der Waals surface area contributed by atoms with E-state index < -0.39 is 0 Å². The number of rotatable bonds is 8. The second-order valence-electron chi connectivity index (χ2n) is 7.68. The molecule has 0 atom stereocenters. The van der Waals surface area contributed by atoms with Crippen molar-refractivity contribution >= 4 is 23.5 Å². The number of benzene rings is 2. The highest BCUT2D eigenvalue weighted by Gasteiger charge is 2.20. The van der Waals surface area contributed by atoms with Crippen molar-refractivity contribution in [1.82, 2.24) is 20.9 Å². The van der Waals surface area contributed by atoms with Crippen LogP contribution in [-0.4, -0.2) is 55.5 Å². The maximum absolute atomic E-state index is 12.2. The topological polar surface area (TPSA) is 68.8 Å². The van der Waals surface area contributed by atoms with Crippen molar-refractivity contribution in [3.63, 3.8) is 0 Å². The molecule has 166 valence electrons. The molecule has 2 aromatic carbocycles. The SMILES string of the molecule is CCNC(=NCCNC(=O)c1ccccc1Cl)NC1CCN(Cc2ccccc2)CC1. The molecule has 0 saturated carbocycles. The molecule has 0 aliphatic carbocycles. The number of amides is 1. The van der Waals surface area contributed by atoms with Crippen molar-refractivity contribution in [3.8, 4) is 0 Å². The molecular formula is C24H32ClN5O. The molecule has 1 aliphatic heterocycles. The molecule has 3 N–H and O–H groups in total. The zero-order valence-electron chi connectivity index (χ0n) is 18.1. The molecule has 1 saturated heterocycles. The van der Waals surface area contributed by atoms with Crippen molar-refractivity contribution < 1.29 is 4.79 Å². The third-order valence-corrected chi connectivity index (χ3v) is 5.64. The van der Waals surface area contributed by atoms with Crippen LogP contribution in [0.4, 0.5) is 0 Å². The lowest BCUT2D eigenvalue weighted by Crippen LogP contribution is -2.48. The average Bonchev–Trinajstić information content (AvgIpc) is 2.79. The van der Waals surface area contributed by atoms with E-state index in [-0.39, 0.29) is 5.91 Å². The summed E-state index contributed by atoms with van der Waals surface area (Å²) in [6, 6.07) is 18.1. The van der Waals surface area contributed by atoms with E-state index in [1.165, 1.54) is 5.56 Å². The van der Waals surface area contributed by atoms with E-state index >= 15 is 0 Å². The molecule has 2 aromatic rings. The van der Waals surface area contributed by atoms with Gasteiger partial charge in [0.25, 0.3) is 5.91 Å². The summed E-state index contributed by atoms with van der Waals surface area (Å²) in [5.74, 6) is 0.626. The molecule has 7 heteroatoms. The van der Waals surface area contributed by atoms with Crippen LogP contribution in [0.5, 0.6) is 0 Å². The lowest BCUT2D eigenvalue weighted by Gasteiger charge is -2.33. The van der Waals surface area contributed by atoms with Crippen LogP contribution in [0.3, 0.4) is 0 Å². The molecule has 31 heavy (non-hydrogen) atoms. The first kappa shape index (κ1) is 23.1. The maximum atomic E-state index is 12.2. The quantitative estimate of drug-likeness (QED) is 0.334. The van der Waals surface area contributed by atoms with Gasteiger partial charge in [0.15, 0.2) is 5.96 Å². The molecule has 3 rings (SSSR count). The lowest BCUT2D eigenvalue weighted by molar-refractivity contribution is 0.0955. The maximum Gasteiger partial charge on any atom is 0.252 e. The van der Waals surface area contributed by atoms with Gasteiger partial charge in [-0.3, -0.25) is 14.7 Å². The van der Waals surface area contributed by atoms with Gasteiger partial charge in [-0.2, -0.15) is 0 Å². The largest absolute Gasteiger partial charge is 0.357 e. The highest BCUT2D eigenvalue weighted by Crippen LogP contribution is 2.15. The van der Waals surface area contributed by atoms with Crippen molar-refractivity contribution in [3.05, 3.63) is 70.7 Å². The third-order valence-electron chi connectivity index (χ3n) is 5.31. The first-order chi connectivity index (χ1) is 15.2. The fraction of sp³-hybridized carbons (Fsp3) is 0.417. The molecule has 0 unspecified atom stereocenters. The molecule has 0 aromatic heterocycles. The number of nitrogens with zero attached hydrogens (tertiary/aromatic N) is 2. The Balaban J connectivity index is 1.41. The Labute approximate surface area is 190 Å². The van der Waals surface area contributed by atoms with Gasteiger partial charge in [-0.05, 0) is 37.5 Å². The minimum atomic E-state index is -0.176. The van der Waals surface area contributed by atoms with Gasteiger partial charge in [-0.25, -0.2) is 0 Å². The number of halogens is 1. The highest BCUT2D eigenvalue weighted by molar-refractivity contribution is 6.33. The Morgan fingerprint density at radius 2 is 1.77 bits per heavy atom. The van der Waals surface area contributed by atoms with E-state index in [9.17, 15) is 4.79 Å². The number of carbonyl (C=O) groups excluding carboxylic acids is 1. The Bertz CT molecular complexity index is 850. The Morgan fingerprint density at radius 3 is 2.48 bits per heavy atom. The van der Waals surface area contributed by atoms with E-state index in [0.29, 0.717) is 29.7 Å². The zero-order chi connectivity index (χ0) is 21.9. The summed E-state index contributed by atoms with van der Waals surface area (Å²) < 4.78 is 0. The predicted octanol–water partition coefficient (Wildman–Crippen LogP) is 3.29. The van der Waals surface area contributed by atoms with Crippen LogP contribution in [0.1, 0.15) is 35.7 Å². The van der Waals surface area contributed by atoms with Gasteiger partial charge in [0.1, 0.15) is 0 Å². The Kier molecular flexibility index (Phi) is 9.18. The normalized spacial score (nSPS) is 15.5. The van der Waals surface area contributed by atoms with Crippen LogP contribution in [0, 0.1) is 0 Å². The summed E-state index contributed by atoms with van der Waals surface area (Å²) in [5.41, 5.74) is 1.85. The Morgan fingerprint density at radius 1 is 1.06 bits per heavy atom. The van der Waals surface area contributed by atoms with Crippen LogP contribution in [0.15, 0.2) is 59.6 Å². The van der Waals surface area contributed by atoms with Gasteiger partial charge in [0, 0.05) is 38.8 Å². The first-order valence-electron chi connectivity index (χ1n) is 11.0. The monoisotopic (exact) mass is 441 g/mol. The van der Waals surface area contributed by atoms with E-state index in [0.717, 1.165) is 45.0 Å². The van der Waals surface area contributed by atoms with Crippen LogP contribution in [0.25, 0.3) is 0 Å². The number of hydrogen-bond donors (Lipinski definition) is 3. The second kappa shape index (κ2) is 12.3. The fourth-order valence-electron chi connectivity index (χ4n) is 3.67. The molecule has 0 radical (unpaired) electrons. The van der Waals surface area contributed by atoms with Crippen LogP contribution < -0.4 is 16.0 Å². The minimum absolute atomic E-state index is 0.176. The van der Waals surface area contributed by atoms with E-state index in [4.69, 9.17) is 11.6 Å². The lowest BCUT2D eigenvalue weighted by atomic mass is 10.0. The first-order valence-corrected chi connectivity index (χ1v) is 11.4. The van der Waals surface area contributed by atoms with Gasteiger partial charge in [0.2, 0.25) is 0 Å². The molecule has 0 spiro atoms. The summed E-state index contributed by atoms with van der Waals surface area (Å²) in [6.45, 7) is 6.95. The number of guanidine groups is 1. The summed E-state index contributed by atoms with van der Waals surface area (Å²) in [5, 5.41) is 10.2. The summed E-state index contributed by atoms with van der Waals surface area (Å²) in [4.78, 5) is 19.4. The zero-order valence-corrected chi connectivity index (χ0v) is 18.9. The van der Waals surface area contributed by atoms with Gasteiger partial charge in [-0.1, -0.05) is 54.1 Å². The smallest absolute Gasteiger partial charge is 0.252 e. The highest BCUT2D eigenvalue weighted by atomic mass is 35.5. The van der Waals surface area contributed by atoms with E-state index in [2.05, 4.69) is 63.1 Å². The molecule has 1 heterocycles. The van der Waals surface area contributed by atoms with Crippen molar-refractivity contribution in [2.75, 3.05) is 32.7 Å². The third kappa shape index (κ3) is 7.56. The minimum Gasteiger partial charge on any atom is -0.357 e. The standard InChI is InChI=1S/C24H32ClN5O/c1-2-26-24(28-15-14-27-23(31)21-10-6-7-11-22(21)25)29-20-12-16-30(17-13-20)18-19-8-4-3-5-9-19/h3-11,20H,2,12-18H2,1H3,(H,27,31)(H2,26,28,29). The van der Waals surface area contributed by atoms with Crippen molar-refractivity contribution in [2.24, 2.45) is 4.99 Å². The number of nitrogens with one attached hydrogen (secondary N) is 3. The molecule has 0 bridgehead atoms. The summed E-state index contributed by atoms with van der Waals surface area (Å²) in [7, 11) is 0. The number of hydrogen-bond acceptors (Lipinski definition) is 3. The number of carbonyl (C=O) groups is 1. The molecular weight excluding hydrogens is 410 g/mol. The van der Waals surface area contributed by atoms with Gasteiger partial charge in [-0.15, -0.1) is 0 Å². The number of piperidine rings is 1. The average molecular weight is 442 g/mol. The number of likely N-dealkylation sites (tertiary alicyclic amines) is 1. The fourth-order valence-corrected chi connectivity index (χ4v) is 3.89. The molecule has 1 fully saturated rings. The molecule has 1 amide bonds. The second-order valence-corrected chi connectivity index (χ2v) is 8.08. The van der Waals surface area contributed by atoms with Gasteiger partial charge < -0.3 is 16.0 Å².